The van der Waals surface area contributed by atoms with E-state index in [-0.39, 0.29) is 13.0 Å². The van der Waals surface area contributed by atoms with E-state index in [1.165, 1.54) is 0 Å². The molecule has 19 heavy (non-hydrogen) atoms. The van der Waals surface area contributed by atoms with Crippen molar-refractivity contribution in [1.29, 1.82) is 0 Å². The SMILES string of the molecule is CCOC(=O)C(Cc1c(C)[nH]c2ccccc12)N=O. The number of nitrogens with zero attached hydrogens (tertiary/aromatic N) is 1. The number of ether oxygens (including phenoxy) is 1. The molecule has 1 aromatic heterocycles. The van der Waals surface area contributed by atoms with Crippen LogP contribution in [0.1, 0.15) is 18.2 Å². The predicted octanol–water partition coefficient (Wildman–Crippen LogP) is 2.72. The van der Waals surface area contributed by atoms with Gasteiger partial charge in [0, 0.05) is 23.0 Å². The summed E-state index contributed by atoms with van der Waals surface area (Å²) in [5.41, 5.74) is 2.87. The van der Waals surface area contributed by atoms with Crippen molar-refractivity contribution in [3.05, 3.63) is 40.4 Å². The van der Waals surface area contributed by atoms with Crippen molar-refractivity contribution in [3.8, 4) is 0 Å². The minimum atomic E-state index is -0.988. The van der Waals surface area contributed by atoms with Gasteiger partial charge in [0.05, 0.1) is 6.61 Å². The van der Waals surface area contributed by atoms with Gasteiger partial charge in [0.2, 0.25) is 0 Å². The molecule has 2 aromatic rings. The number of benzene rings is 1. The van der Waals surface area contributed by atoms with Gasteiger partial charge in [-0.05, 0) is 25.5 Å². The van der Waals surface area contributed by atoms with Gasteiger partial charge < -0.3 is 9.72 Å². The summed E-state index contributed by atoms with van der Waals surface area (Å²) >= 11 is 0. The second-order valence-corrected chi connectivity index (χ2v) is 4.35. The lowest BCUT2D eigenvalue weighted by atomic mass is 10.0. The van der Waals surface area contributed by atoms with Crippen LogP contribution in [0.4, 0.5) is 0 Å². The monoisotopic (exact) mass is 260 g/mol. The number of hydrogen-bond donors (Lipinski definition) is 1. The third-order valence-electron chi connectivity index (χ3n) is 3.11. The van der Waals surface area contributed by atoms with Gasteiger partial charge in [0.1, 0.15) is 0 Å². The van der Waals surface area contributed by atoms with Crippen LogP contribution in [-0.2, 0) is 16.0 Å². The molecule has 1 atom stereocenters. The molecule has 5 heteroatoms. The van der Waals surface area contributed by atoms with Gasteiger partial charge in [0.25, 0.3) is 0 Å². The van der Waals surface area contributed by atoms with E-state index >= 15 is 0 Å². The number of aryl methyl sites for hydroxylation is 1. The van der Waals surface area contributed by atoms with Crippen LogP contribution in [0.15, 0.2) is 29.4 Å². The second-order valence-electron chi connectivity index (χ2n) is 4.35. The highest BCUT2D eigenvalue weighted by Crippen LogP contribution is 2.24. The molecule has 5 nitrogen and oxygen atoms in total. The number of nitrogens with one attached hydrogen (secondary N) is 1. The van der Waals surface area contributed by atoms with Crippen molar-refractivity contribution in [2.45, 2.75) is 26.3 Å². The summed E-state index contributed by atoms with van der Waals surface area (Å²) in [5, 5.41) is 3.90. The third-order valence-corrected chi connectivity index (χ3v) is 3.11. The minimum absolute atomic E-state index is 0.248. The Morgan fingerprint density at radius 2 is 2.16 bits per heavy atom. The van der Waals surface area contributed by atoms with Crippen molar-refractivity contribution in [2.75, 3.05) is 6.61 Å². The van der Waals surface area contributed by atoms with Crippen LogP contribution in [0, 0.1) is 11.8 Å². The number of rotatable bonds is 5. The first-order chi connectivity index (χ1) is 9.17. The largest absolute Gasteiger partial charge is 0.464 e. The normalized spacial score (nSPS) is 12.3. The molecular formula is C14H16N2O3. The highest BCUT2D eigenvalue weighted by Gasteiger charge is 2.23. The molecule has 0 amide bonds. The van der Waals surface area contributed by atoms with Crippen molar-refractivity contribution in [2.24, 2.45) is 5.18 Å². The first-order valence-corrected chi connectivity index (χ1v) is 6.22. The van der Waals surface area contributed by atoms with Gasteiger partial charge in [-0.1, -0.05) is 23.4 Å². The van der Waals surface area contributed by atoms with Gasteiger partial charge in [-0.2, -0.15) is 0 Å². The first-order valence-electron chi connectivity index (χ1n) is 6.22. The van der Waals surface area contributed by atoms with E-state index in [4.69, 9.17) is 4.74 Å². The summed E-state index contributed by atoms with van der Waals surface area (Å²) in [5.74, 6) is -0.567. The van der Waals surface area contributed by atoms with E-state index in [2.05, 4.69) is 10.2 Å². The molecule has 1 unspecified atom stereocenters. The van der Waals surface area contributed by atoms with Gasteiger partial charge in [0.15, 0.2) is 6.04 Å². The van der Waals surface area contributed by atoms with Gasteiger partial charge in [-0.3, -0.25) is 0 Å². The molecular weight excluding hydrogens is 244 g/mol. The highest BCUT2D eigenvalue weighted by atomic mass is 16.5. The lowest BCUT2D eigenvalue weighted by molar-refractivity contribution is -0.144. The Balaban J connectivity index is 2.31. The predicted molar refractivity (Wildman–Crippen MR) is 73.0 cm³/mol. The maximum absolute atomic E-state index is 11.6. The molecule has 1 N–H and O–H groups in total. The van der Waals surface area contributed by atoms with Crippen LogP contribution in [0.3, 0.4) is 0 Å². The summed E-state index contributed by atoms with van der Waals surface area (Å²) in [6.07, 6.45) is 0.262. The third kappa shape index (κ3) is 2.65. The molecule has 0 spiro atoms. The average molecular weight is 260 g/mol. The number of hydrogen-bond acceptors (Lipinski definition) is 4. The summed E-state index contributed by atoms with van der Waals surface area (Å²) in [6.45, 7) is 3.87. The zero-order valence-electron chi connectivity index (χ0n) is 11.0. The molecule has 0 radical (unpaired) electrons. The van der Waals surface area contributed by atoms with Crippen molar-refractivity contribution in [1.82, 2.24) is 4.98 Å². The molecule has 1 heterocycles. The number of para-hydroxylation sites is 1. The molecule has 0 bridgehead atoms. The lowest BCUT2D eigenvalue weighted by Gasteiger charge is -2.08. The molecule has 100 valence electrons. The molecule has 2 rings (SSSR count). The van der Waals surface area contributed by atoms with Gasteiger partial charge in [-0.25, -0.2) is 4.79 Å². The minimum Gasteiger partial charge on any atom is -0.464 e. The van der Waals surface area contributed by atoms with E-state index in [9.17, 15) is 9.70 Å². The van der Waals surface area contributed by atoms with Crippen molar-refractivity contribution >= 4 is 16.9 Å². The lowest BCUT2D eigenvalue weighted by Crippen LogP contribution is -2.23. The second kappa shape index (κ2) is 5.65. The number of carbonyl (C=O) groups is 1. The van der Waals surface area contributed by atoms with E-state index in [0.717, 1.165) is 22.2 Å². The number of H-pyrrole nitrogens is 1. The number of aromatic amines is 1. The van der Waals surface area contributed by atoms with Crippen LogP contribution < -0.4 is 0 Å². The molecule has 0 aliphatic carbocycles. The molecule has 0 aliphatic heterocycles. The molecule has 0 saturated carbocycles. The highest BCUT2D eigenvalue weighted by molar-refractivity contribution is 5.86. The molecule has 1 aromatic carbocycles. The van der Waals surface area contributed by atoms with Gasteiger partial charge in [-0.15, -0.1) is 4.91 Å². The quantitative estimate of drug-likeness (QED) is 0.663. The van der Waals surface area contributed by atoms with Crippen LogP contribution in [0.5, 0.6) is 0 Å². The van der Waals surface area contributed by atoms with Crippen LogP contribution >= 0.6 is 0 Å². The van der Waals surface area contributed by atoms with Crippen LogP contribution in [0.2, 0.25) is 0 Å². The number of nitroso groups, excluding NO2 is 1. The van der Waals surface area contributed by atoms with E-state index in [1.54, 1.807) is 6.92 Å². The summed E-state index contributed by atoms with van der Waals surface area (Å²) in [4.78, 5) is 25.7. The zero-order valence-corrected chi connectivity index (χ0v) is 11.0. The van der Waals surface area contributed by atoms with Crippen molar-refractivity contribution < 1.29 is 9.53 Å². The molecule has 0 aliphatic rings. The van der Waals surface area contributed by atoms with Crippen LogP contribution in [-0.4, -0.2) is 23.6 Å². The smallest absolute Gasteiger partial charge is 0.334 e. The number of aromatic nitrogens is 1. The Hall–Kier alpha value is -2.17. The number of carbonyl (C=O) groups excluding carboxylic acids is 1. The van der Waals surface area contributed by atoms with Crippen LogP contribution in [0.25, 0.3) is 10.9 Å². The Bertz CT molecular complexity index is 604. The first kappa shape index (κ1) is 13.3. The Morgan fingerprint density at radius 1 is 1.42 bits per heavy atom. The van der Waals surface area contributed by atoms with E-state index in [1.807, 2.05) is 31.2 Å². The number of fused-ring (bicyclic) bond motifs is 1. The van der Waals surface area contributed by atoms with Crippen molar-refractivity contribution in [3.63, 3.8) is 0 Å². The Morgan fingerprint density at radius 3 is 2.84 bits per heavy atom. The van der Waals surface area contributed by atoms with E-state index in [0.29, 0.717) is 0 Å². The summed E-state index contributed by atoms with van der Waals surface area (Å²) in [7, 11) is 0. The fourth-order valence-corrected chi connectivity index (χ4v) is 2.19. The maximum Gasteiger partial charge on any atom is 0.334 e. The molecule has 0 fully saturated rings. The topological polar surface area (TPSA) is 71.5 Å². The fourth-order valence-electron chi connectivity index (χ4n) is 2.19. The number of esters is 1. The average Bonchev–Trinajstić information content (AvgIpc) is 2.72. The Kier molecular flexibility index (Phi) is 3.94. The van der Waals surface area contributed by atoms with E-state index < -0.39 is 12.0 Å². The Labute approximate surface area is 110 Å². The standard InChI is InChI=1S/C14H16N2O3/c1-3-19-14(17)13(16-18)8-11-9(2)15-12-7-5-4-6-10(11)12/h4-7,13,15H,3,8H2,1-2H3. The van der Waals surface area contributed by atoms with Gasteiger partial charge >= 0.3 is 5.97 Å². The summed E-state index contributed by atoms with van der Waals surface area (Å²) in [6, 6.07) is 6.79. The fraction of sp³-hybridized carbons (Fsp3) is 0.357. The molecule has 0 saturated heterocycles. The summed E-state index contributed by atoms with van der Waals surface area (Å²) < 4.78 is 4.85. The zero-order chi connectivity index (χ0) is 13.8. The maximum atomic E-state index is 11.6.